The van der Waals surface area contributed by atoms with E-state index < -0.39 is 11.6 Å². The third-order valence-corrected chi connectivity index (χ3v) is 3.31. The first-order valence-corrected chi connectivity index (χ1v) is 5.49. The quantitative estimate of drug-likeness (QED) is 0.699. The van der Waals surface area contributed by atoms with Crippen molar-refractivity contribution >= 4 is 11.9 Å². The van der Waals surface area contributed by atoms with E-state index in [0.29, 0.717) is 6.61 Å². The predicted octanol–water partition coefficient (Wildman–Crippen LogP) is 0.676. The van der Waals surface area contributed by atoms with Crippen LogP contribution in [0.25, 0.3) is 0 Å². The number of carbonyl (C=O) groups excluding carboxylic acids is 2. The minimum Gasteiger partial charge on any atom is -0.493 e. The molecule has 1 unspecified atom stereocenters. The molecule has 0 aliphatic carbocycles. The summed E-state index contributed by atoms with van der Waals surface area (Å²) >= 11 is 0. The number of urea groups is 1. The molecule has 5 heteroatoms. The number of hydrogen-bond donors (Lipinski definition) is 2. The summed E-state index contributed by atoms with van der Waals surface area (Å²) in [5, 5.41) is 4.90. The number of ether oxygens (including phenoxy) is 1. The van der Waals surface area contributed by atoms with E-state index in [-0.39, 0.29) is 5.91 Å². The van der Waals surface area contributed by atoms with Crippen molar-refractivity contribution in [2.75, 3.05) is 6.61 Å². The SMILES string of the molecule is CC1(c2ccc3c(c2)CCO3)NC(=O)NC1=O. The molecule has 0 radical (unpaired) electrons. The smallest absolute Gasteiger partial charge is 0.322 e. The third-order valence-electron chi connectivity index (χ3n) is 3.31. The molecule has 1 aromatic carbocycles. The zero-order valence-corrected chi connectivity index (χ0v) is 9.37. The second-order valence-electron chi connectivity index (χ2n) is 4.45. The fourth-order valence-corrected chi connectivity index (χ4v) is 2.24. The monoisotopic (exact) mass is 232 g/mol. The Balaban J connectivity index is 2.04. The largest absolute Gasteiger partial charge is 0.493 e. The molecule has 1 aromatic rings. The molecule has 3 rings (SSSR count). The Morgan fingerprint density at radius 1 is 1.35 bits per heavy atom. The molecule has 5 nitrogen and oxygen atoms in total. The second-order valence-corrected chi connectivity index (χ2v) is 4.45. The van der Waals surface area contributed by atoms with Crippen LogP contribution in [0.3, 0.4) is 0 Å². The van der Waals surface area contributed by atoms with Gasteiger partial charge in [-0.15, -0.1) is 0 Å². The van der Waals surface area contributed by atoms with Crippen LogP contribution in [0.4, 0.5) is 4.79 Å². The number of carbonyl (C=O) groups is 2. The molecule has 3 amide bonds. The van der Waals surface area contributed by atoms with Gasteiger partial charge in [-0.1, -0.05) is 6.07 Å². The first-order valence-electron chi connectivity index (χ1n) is 5.49. The number of benzene rings is 1. The van der Waals surface area contributed by atoms with E-state index in [1.165, 1.54) is 0 Å². The van der Waals surface area contributed by atoms with Gasteiger partial charge in [0.2, 0.25) is 0 Å². The normalized spacial score (nSPS) is 26.2. The van der Waals surface area contributed by atoms with Gasteiger partial charge in [0.05, 0.1) is 6.61 Å². The van der Waals surface area contributed by atoms with Crippen LogP contribution < -0.4 is 15.4 Å². The maximum absolute atomic E-state index is 11.8. The van der Waals surface area contributed by atoms with Gasteiger partial charge >= 0.3 is 6.03 Å². The topological polar surface area (TPSA) is 67.4 Å². The number of amides is 3. The van der Waals surface area contributed by atoms with Crippen molar-refractivity contribution in [3.8, 4) is 5.75 Å². The highest BCUT2D eigenvalue weighted by atomic mass is 16.5. The molecular weight excluding hydrogens is 220 g/mol. The van der Waals surface area contributed by atoms with Crippen molar-refractivity contribution < 1.29 is 14.3 Å². The molecule has 17 heavy (non-hydrogen) atoms. The Morgan fingerprint density at radius 3 is 2.88 bits per heavy atom. The molecule has 1 saturated heterocycles. The molecule has 2 N–H and O–H groups in total. The van der Waals surface area contributed by atoms with Crippen molar-refractivity contribution in [2.45, 2.75) is 18.9 Å². The second kappa shape index (κ2) is 3.23. The Kier molecular flexibility index (Phi) is 1.92. The summed E-state index contributed by atoms with van der Waals surface area (Å²) in [6.07, 6.45) is 0.842. The molecule has 1 fully saturated rings. The Labute approximate surface area is 98.1 Å². The van der Waals surface area contributed by atoms with Crippen LogP contribution in [0.2, 0.25) is 0 Å². The molecule has 0 bridgehead atoms. The van der Waals surface area contributed by atoms with Crippen molar-refractivity contribution in [1.29, 1.82) is 0 Å². The van der Waals surface area contributed by atoms with Gasteiger partial charge in [0, 0.05) is 6.42 Å². The van der Waals surface area contributed by atoms with Gasteiger partial charge in [-0.2, -0.15) is 0 Å². The summed E-state index contributed by atoms with van der Waals surface area (Å²) in [6.45, 7) is 2.37. The highest BCUT2D eigenvalue weighted by Gasteiger charge is 2.43. The average Bonchev–Trinajstić information content (AvgIpc) is 2.83. The molecule has 2 aliphatic heterocycles. The van der Waals surface area contributed by atoms with Gasteiger partial charge in [0.15, 0.2) is 0 Å². The molecular formula is C12H12N2O3. The Hall–Kier alpha value is -2.04. The summed E-state index contributed by atoms with van der Waals surface area (Å²) in [6, 6.07) is 5.14. The van der Waals surface area contributed by atoms with Gasteiger partial charge in [-0.3, -0.25) is 10.1 Å². The lowest BCUT2D eigenvalue weighted by atomic mass is 9.90. The fraction of sp³-hybridized carbons (Fsp3) is 0.333. The summed E-state index contributed by atoms with van der Waals surface area (Å²) < 4.78 is 5.41. The van der Waals surface area contributed by atoms with E-state index in [1.54, 1.807) is 6.92 Å². The van der Waals surface area contributed by atoms with Crippen LogP contribution in [0.1, 0.15) is 18.1 Å². The van der Waals surface area contributed by atoms with Crippen LogP contribution >= 0.6 is 0 Å². The standard InChI is InChI=1S/C12H12N2O3/c1-12(10(15)13-11(16)14-12)8-2-3-9-7(6-8)4-5-17-9/h2-3,6H,4-5H2,1H3,(H2,13,14,15,16). The van der Waals surface area contributed by atoms with Crippen LogP contribution in [0.15, 0.2) is 18.2 Å². The van der Waals surface area contributed by atoms with E-state index in [2.05, 4.69) is 10.6 Å². The molecule has 2 aliphatic rings. The zero-order chi connectivity index (χ0) is 12.0. The predicted molar refractivity (Wildman–Crippen MR) is 59.7 cm³/mol. The average molecular weight is 232 g/mol. The van der Waals surface area contributed by atoms with Gasteiger partial charge in [0.1, 0.15) is 11.3 Å². The minimum atomic E-state index is -0.977. The van der Waals surface area contributed by atoms with E-state index in [1.807, 2.05) is 18.2 Å². The van der Waals surface area contributed by atoms with Gasteiger partial charge in [0.25, 0.3) is 5.91 Å². The van der Waals surface area contributed by atoms with E-state index >= 15 is 0 Å². The zero-order valence-electron chi connectivity index (χ0n) is 9.37. The summed E-state index contributed by atoms with van der Waals surface area (Å²) in [7, 11) is 0. The first-order chi connectivity index (χ1) is 8.09. The Morgan fingerprint density at radius 2 is 2.18 bits per heavy atom. The number of rotatable bonds is 1. The van der Waals surface area contributed by atoms with Gasteiger partial charge < -0.3 is 10.1 Å². The fourth-order valence-electron chi connectivity index (χ4n) is 2.24. The maximum atomic E-state index is 11.8. The van der Waals surface area contributed by atoms with Gasteiger partial charge in [-0.05, 0) is 30.2 Å². The highest BCUT2D eigenvalue weighted by Crippen LogP contribution is 2.31. The maximum Gasteiger partial charge on any atom is 0.322 e. The van der Waals surface area contributed by atoms with Crippen molar-refractivity contribution in [1.82, 2.24) is 10.6 Å². The Bertz CT molecular complexity index is 526. The first kappa shape index (κ1) is 10.1. The van der Waals surface area contributed by atoms with Crippen LogP contribution in [-0.4, -0.2) is 18.5 Å². The molecule has 0 saturated carbocycles. The van der Waals surface area contributed by atoms with E-state index in [4.69, 9.17) is 4.74 Å². The summed E-state index contributed by atoms with van der Waals surface area (Å²) in [5.74, 6) is 0.545. The molecule has 0 spiro atoms. The molecule has 0 aromatic heterocycles. The van der Waals surface area contributed by atoms with Crippen molar-refractivity contribution in [2.24, 2.45) is 0 Å². The molecule has 2 heterocycles. The van der Waals surface area contributed by atoms with E-state index in [9.17, 15) is 9.59 Å². The van der Waals surface area contributed by atoms with Crippen molar-refractivity contribution in [3.05, 3.63) is 29.3 Å². The van der Waals surface area contributed by atoms with Crippen LogP contribution in [0.5, 0.6) is 5.75 Å². The molecule has 1 atom stereocenters. The van der Waals surface area contributed by atoms with Crippen LogP contribution in [0, 0.1) is 0 Å². The van der Waals surface area contributed by atoms with E-state index in [0.717, 1.165) is 23.3 Å². The summed E-state index contributed by atoms with van der Waals surface area (Å²) in [4.78, 5) is 23.0. The number of nitrogens with one attached hydrogen (secondary N) is 2. The highest BCUT2D eigenvalue weighted by molar-refractivity contribution is 6.07. The summed E-state index contributed by atoms with van der Waals surface area (Å²) in [5.41, 5.74) is 0.886. The lowest BCUT2D eigenvalue weighted by molar-refractivity contribution is -0.123. The van der Waals surface area contributed by atoms with Gasteiger partial charge in [-0.25, -0.2) is 4.79 Å². The third kappa shape index (κ3) is 1.39. The lowest BCUT2D eigenvalue weighted by Gasteiger charge is -2.21. The van der Waals surface area contributed by atoms with Crippen LogP contribution in [-0.2, 0) is 16.8 Å². The number of fused-ring (bicyclic) bond motifs is 1. The van der Waals surface area contributed by atoms with Crippen molar-refractivity contribution in [3.63, 3.8) is 0 Å². The number of imide groups is 1. The minimum absolute atomic E-state index is 0.318. The lowest BCUT2D eigenvalue weighted by Crippen LogP contribution is -2.40. The molecule has 88 valence electrons. The number of hydrogen-bond acceptors (Lipinski definition) is 3.